The van der Waals surface area contributed by atoms with Gasteiger partial charge in [-0.25, -0.2) is 4.79 Å². The molecule has 0 radical (unpaired) electrons. The lowest BCUT2D eigenvalue weighted by Crippen LogP contribution is -2.41. The van der Waals surface area contributed by atoms with Crippen molar-refractivity contribution in [3.8, 4) is 0 Å². The van der Waals surface area contributed by atoms with Gasteiger partial charge in [0.05, 0.1) is 0 Å². The van der Waals surface area contributed by atoms with Crippen molar-refractivity contribution in [2.75, 3.05) is 0 Å². The summed E-state index contributed by atoms with van der Waals surface area (Å²) in [5, 5.41) is 11.7. The molecule has 106 valence electrons. The number of hydrogen-bond acceptors (Lipinski definition) is 2. The number of nitrogens with one attached hydrogen (secondary N) is 1. The Labute approximate surface area is 110 Å². The molecule has 0 aliphatic rings. The van der Waals surface area contributed by atoms with E-state index in [-0.39, 0.29) is 11.3 Å². The number of carboxylic acids is 1. The third-order valence-corrected chi connectivity index (χ3v) is 2.82. The number of carbonyl (C=O) groups excluding carboxylic acids is 1. The van der Waals surface area contributed by atoms with Crippen LogP contribution in [0.15, 0.2) is 0 Å². The average molecular weight is 257 g/mol. The smallest absolute Gasteiger partial charge is 0.326 e. The summed E-state index contributed by atoms with van der Waals surface area (Å²) in [4.78, 5) is 22.6. The van der Waals surface area contributed by atoms with Crippen molar-refractivity contribution in [2.24, 2.45) is 5.41 Å². The molecule has 1 amide bonds. The van der Waals surface area contributed by atoms with E-state index in [0.29, 0.717) is 12.8 Å². The highest BCUT2D eigenvalue weighted by Crippen LogP contribution is 2.21. The van der Waals surface area contributed by atoms with Gasteiger partial charge in [-0.15, -0.1) is 0 Å². The minimum absolute atomic E-state index is 0.0840. The SMILES string of the molecule is CCCCCC(=O)NC(CCC(C)(C)C)C(=O)O. The first kappa shape index (κ1) is 16.9. The molecular formula is C14H27NO3. The van der Waals surface area contributed by atoms with Crippen LogP contribution >= 0.6 is 0 Å². The molecule has 0 rings (SSSR count). The van der Waals surface area contributed by atoms with E-state index in [2.05, 4.69) is 33.0 Å². The Morgan fingerprint density at radius 3 is 2.28 bits per heavy atom. The average Bonchev–Trinajstić information content (AvgIpc) is 2.22. The molecule has 0 spiro atoms. The van der Waals surface area contributed by atoms with Crippen LogP contribution in [0.5, 0.6) is 0 Å². The number of aliphatic carboxylic acids is 1. The van der Waals surface area contributed by atoms with Crippen LogP contribution in [0.25, 0.3) is 0 Å². The first-order chi connectivity index (χ1) is 8.26. The maximum Gasteiger partial charge on any atom is 0.326 e. The highest BCUT2D eigenvalue weighted by molar-refractivity contribution is 5.83. The molecule has 0 aliphatic heterocycles. The van der Waals surface area contributed by atoms with Gasteiger partial charge in [-0.2, -0.15) is 0 Å². The van der Waals surface area contributed by atoms with Gasteiger partial charge in [-0.05, 0) is 24.7 Å². The van der Waals surface area contributed by atoms with E-state index >= 15 is 0 Å². The molecule has 2 N–H and O–H groups in total. The van der Waals surface area contributed by atoms with Gasteiger partial charge in [0.1, 0.15) is 6.04 Å². The van der Waals surface area contributed by atoms with Gasteiger partial charge >= 0.3 is 5.97 Å². The molecule has 4 heteroatoms. The molecule has 1 atom stereocenters. The Bertz CT molecular complexity index is 269. The number of rotatable bonds is 8. The molecular weight excluding hydrogens is 230 g/mol. The van der Waals surface area contributed by atoms with Crippen molar-refractivity contribution >= 4 is 11.9 Å². The molecule has 0 fully saturated rings. The first-order valence-electron chi connectivity index (χ1n) is 6.78. The zero-order valence-corrected chi connectivity index (χ0v) is 12.1. The van der Waals surface area contributed by atoms with E-state index in [4.69, 9.17) is 5.11 Å². The fraction of sp³-hybridized carbons (Fsp3) is 0.857. The predicted octanol–water partition coefficient (Wildman–Crippen LogP) is 2.96. The van der Waals surface area contributed by atoms with Gasteiger partial charge < -0.3 is 10.4 Å². The van der Waals surface area contributed by atoms with Crippen molar-refractivity contribution in [3.05, 3.63) is 0 Å². The first-order valence-corrected chi connectivity index (χ1v) is 6.78. The zero-order valence-electron chi connectivity index (χ0n) is 12.1. The molecule has 0 saturated carbocycles. The van der Waals surface area contributed by atoms with Gasteiger partial charge in [0, 0.05) is 6.42 Å². The van der Waals surface area contributed by atoms with Crippen molar-refractivity contribution in [3.63, 3.8) is 0 Å². The van der Waals surface area contributed by atoms with Crippen LogP contribution in [0, 0.1) is 5.41 Å². The molecule has 0 aromatic carbocycles. The Morgan fingerprint density at radius 1 is 1.22 bits per heavy atom. The third kappa shape index (κ3) is 9.02. The van der Waals surface area contributed by atoms with Crippen LogP contribution in [-0.2, 0) is 9.59 Å². The number of unbranched alkanes of at least 4 members (excludes halogenated alkanes) is 2. The number of carboxylic acid groups (broad SMARTS) is 1. The lowest BCUT2D eigenvalue weighted by atomic mass is 9.88. The van der Waals surface area contributed by atoms with Crippen molar-refractivity contribution in [1.82, 2.24) is 5.32 Å². The molecule has 0 heterocycles. The van der Waals surface area contributed by atoms with E-state index in [1.54, 1.807) is 0 Å². The Hall–Kier alpha value is -1.06. The molecule has 0 aromatic rings. The summed E-state index contributed by atoms with van der Waals surface area (Å²) in [7, 11) is 0. The standard InChI is InChI=1S/C14H27NO3/c1-5-6-7-8-12(16)15-11(13(17)18)9-10-14(2,3)4/h11H,5-10H2,1-4H3,(H,15,16)(H,17,18). The second kappa shape index (κ2) is 8.11. The van der Waals surface area contributed by atoms with Crippen LogP contribution in [0.2, 0.25) is 0 Å². The molecule has 0 bridgehead atoms. The Morgan fingerprint density at radius 2 is 1.83 bits per heavy atom. The maximum atomic E-state index is 11.6. The largest absolute Gasteiger partial charge is 0.480 e. The fourth-order valence-electron chi connectivity index (χ4n) is 1.64. The summed E-state index contributed by atoms with van der Waals surface area (Å²) in [6, 6.07) is -0.752. The summed E-state index contributed by atoms with van der Waals surface area (Å²) < 4.78 is 0. The molecule has 0 saturated heterocycles. The lowest BCUT2D eigenvalue weighted by Gasteiger charge is -2.21. The van der Waals surface area contributed by atoms with Crippen LogP contribution in [-0.4, -0.2) is 23.0 Å². The second-order valence-corrected chi connectivity index (χ2v) is 6.01. The van der Waals surface area contributed by atoms with Gasteiger partial charge in [-0.3, -0.25) is 4.79 Å². The van der Waals surface area contributed by atoms with E-state index in [0.717, 1.165) is 25.7 Å². The van der Waals surface area contributed by atoms with Crippen LogP contribution in [0.1, 0.15) is 66.2 Å². The van der Waals surface area contributed by atoms with E-state index in [9.17, 15) is 9.59 Å². The van der Waals surface area contributed by atoms with Crippen LogP contribution < -0.4 is 5.32 Å². The third-order valence-electron chi connectivity index (χ3n) is 2.82. The highest BCUT2D eigenvalue weighted by atomic mass is 16.4. The summed E-state index contributed by atoms with van der Waals surface area (Å²) in [5.74, 6) is -1.09. The van der Waals surface area contributed by atoms with Crippen molar-refractivity contribution in [2.45, 2.75) is 72.3 Å². The molecule has 4 nitrogen and oxygen atoms in total. The lowest BCUT2D eigenvalue weighted by molar-refractivity contribution is -0.142. The molecule has 18 heavy (non-hydrogen) atoms. The van der Waals surface area contributed by atoms with Crippen molar-refractivity contribution in [1.29, 1.82) is 0 Å². The predicted molar refractivity (Wildman–Crippen MR) is 72.4 cm³/mol. The zero-order chi connectivity index (χ0) is 14.2. The normalized spacial score (nSPS) is 13.1. The summed E-state index contributed by atoms with van der Waals surface area (Å²) >= 11 is 0. The molecule has 0 aliphatic carbocycles. The Balaban J connectivity index is 4.11. The summed E-state index contributed by atoms with van der Waals surface area (Å²) in [5.41, 5.74) is 0.0840. The molecule has 1 unspecified atom stereocenters. The van der Waals surface area contributed by atoms with Crippen molar-refractivity contribution < 1.29 is 14.7 Å². The number of amides is 1. The number of carbonyl (C=O) groups is 2. The topological polar surface area (TPSA) is 66.4 Å². The minimum atomic E-state index is -0.942. The van der Waals surface area contributed by atoms with Gasteiger partial charge in [0.25, 0.3) is 0 Å². The Kier molecular flexibility index (Phi) is 7.64. The minimum Gasteiger partial charge on any atom is -0.480 e. The monoisotopic (exact) mass is 257 g/mol. The summed E-state index contributed by atoms with van der Waals surface area (Å²) in [6.07, 6.45) is 4.57. The number of hydrogen-bond donors (Lipinski definition) is 2. The summed E-state index contributed by atoms with van der Waals surface area (Å²) in [6.45, 7) is 8.26. The maximum absolute atomic E-state index is 11.6. The van der Waals surface area contributed by atoms with Gasteiger partial charge in [-0.1, -0.05) is 40.5 Å². The van der Waals surface area contributed by atoms with Crippen LogP contribution in [0.3, 0.4) is 0 Å². The fourth-order valence-corrected chi connectivity index (χ4v) is 1.64. The quantitative estimate of drug-likeness (QED) is 0.657. The second-order valence-electron chi connectivity index (χ2n) is 6.01. The van der Waals surface area contributed by atoms with E-state index in [1.165, 1.54) is 0 Å². The van der Waals surface area contributed by atoms with Gasteiger partial charge in [0.15, 0.2) is 0 Å². The van der Waals surface area contributed by atoms with Gasteiger partial charge in [0.2, 0.25) is 5.91 Å². The van der Waals surface area contributed by atoms with E-state index < -0.39 is 12.0 Å². The van der Waals surface area contributed by atoms with E-state index in [1.807, 2.05) is 0 Å². The molecule has 0 aromatic heterocycles. The van der Waals surface area contributed by atoms with Crippen LogP contribution in [0.4, 0.5) is 0 Å². The highest BCUT2D eigenvalue weighted by Gasteiger charge is 2.22.